The largest absolute Gasteiger partial charge is 0.395 e. The molecule has 0 aromatic carbocycles. The zero-order valence-corrected chi connectivity index (χ0v) is 23.1. The first-order valence-corrected chi connectivity index (χ1v) is 14.0. The van der Waals surface area contributed by atoms with Gasteiger partial charge in [-0.3, -0.25) is 4.79 Å². The van der Waals surface area contributed by atoms with E-state index in [4.69, 9.17) is 47.0 Å². The summed E-state index contributed by atoms with van der Waals surface area (Å²) in [5.74, 6) is -1.49. The van der Waals surface area contributed by atoms with Gasteiger partial charge in [0, 0.05) is 32.1 Å². The van der Waals surface area contributed by atoms with Gasteiger partial charge in [-0.2, -0.15) is 0 Å². The first-order valence-electron chi connectivity index (χ1n) is 14.0. The van der Waals surface area contributed by atoms with E-state index in [9.17, 15) is 40.5 Å². The molecule has 246 valence electrons. The van der Waals surface area contributed by atoms with Crippen LogP contribution in [0, 0.1) is 5.92 Å². The molecule has 3 rings (SSSR count). The first kappa shape index (κ1) is 35.5. The fourth-order valence-electron chi connectivity index (χ4n) is 5.54. The summed E-state index contributed by atoms with van der Waals surface area (Å²) in [7, 11) is 0. The molecule has 18 heteroatoms. The highest BCUT2D eigenvalue weighted by Gasteiger charge is 2.52. The molecule has 18 nitrogen and oxygen atoms in total. The third-order valence-electron chi connectivity index (χ3n) is 8.10. The quantitative estimate of drug-likeness (QED) is 0.0857. The van der Waals surface area contributed by atoms with Crippen molar-refractivity contribution in [3.05, 3.63) is 0 Å². The van der Waals surface area contributed by atoms with Gasteiger partial charge in [-0.15, -0.1) is 0 Å². The predicted octanol–water partition coefficient (Wildman–Crippen LogP) is -8.13. The Morgan fingerprint density at radius 1 is 0.857 bits per heavy atom. The average molecular weight is 614 g/mol. The summed E-state index contributed by atoms with van der Waals surface area (Å²) >= 11 is 0. The number of nitrogens with one attached hydrogen (secondary N) is 1. The van der Waals surface area contributed by atoms with Gasteiger partial charge in [0.2, 0.25) is 0 Å². The second-order valence-corrected chi connectivity index (χ2v) is 11.1. The van der Waals surface area contributed by atoms with Gasteiger partial charge in [0.15, 0.2) is 18.4 Å². The van der Waals surface area contributed by atoms with Gasteiger partial charge in [-0.25, -0.2) is 0 Å². The van der Waals surface area contributed by atoms with Crippen molar-refractivity contribution < 1.29 is 64.6 Å². The van der Waals surface area contributed by atoms with E-state index in [1.54, 1.807) is 0 Å². The van der Waals surface area contributed by atoms with Crippen molar-refractivity contribution in [2.24, 2.45) is 28.9 Å². The number of ether oxygens (including phenoxy) is 4. The van der Waals surface area contributed by atoms with Crippen LogP contribution in [0.3, 0.4) is 0 Å². The van der Waals surface area contributed by atoms with Crippen molar-refractivity contribution in [2.45, 2.75) is 105 Å². The molecule has 0 amide bonds. The van der Waals surface area contributed by atoms with Crippen LogP contribution in [0.4, 0.5) is 0 Å². The summed E-state index contributed by atoms with van der Waals surface area (Å²) in [6.07, 6.45) is -17.1. The minimum Gasteiger partial charge on any atom is -0.395 e. The minimum absolute atomic E-state index is 0.00896. The zero-order chi connectivity index (χ0) is 31.3. The smallest absolute Gasteiger partial charge is 0.186 e. The highest BCUT2D eigenvalue weighted by atomic mass is 16.7. The van der Waals surface area contributed by atoms with Crippen LogP contribution in [0.1, 0.15) is 12.8 Å². The lowest BCUT2D eigenvalue weighted by atomic mass is 9.76. The maximum atomic E-state index is 12.6. The van der Waals surface area contributed by atoms with Crippen LogP contribution >= 0.6 is 0 Å². The van der Waals surface area contributed by atoms with Crippen molar-refractivity contribution >= 4 is 5.78 Å². The minimum atomic E-state index is -1.63. The molecule has 42 heavy (non-hydrogen) atoms. The second kappa shape index (κ2) is 15.8. The van der Waals surface area contributed by atoms with Gasteiger partial charge in [0.05, 0.1) is 31.4 Å². The van der Waals surface area contributed by atoms with E-state index in [1.807, 2.05) is 0 Å². The Balaban J connectivity index is 1.83. The molecule has 16 atom stereocenters. The Morgan fingerprint density at radius 2 is 1.50 bits per heavy atom. The van der Waals surface area contributed by atoms with Crippen LogP contribution in [0.5, 0.6) is 0 Å². The molecule has 2 saturated heterocycles. The molecular formula is C24H47N5O13. The molecule has 1 saturated carbocycles. The van der Waals surface area contributed by atoms with Gasteiger partial charge in [-0.05, 0) is 12.3 Å². The number of carbonyl (C=O) groups excluding carboxylic acids is 1. The zero-order valence-electron chi connectivity index (χ0n) is 23.1. The van der Waals surface area contributed by atoms with E-state index >= 15 is 0 Å². The van der Waals surface area contributed by atoms with E-state index in [2.05, 4.69) is 5.32 Å². The first-order chi connectivity index (χ1) is 19.9. The number of carbonyl (C=O) groups is 1. The Kier molecular flexibility index (Phi) is 13.4. The van der Waals surface area contributed by atoms with Crippen molar-refractivity contribution in [1.29, 1.82) is 0 Å². The molecule has 3 aliphatic rings. The molecule has 0 bridgehead atoms. The molecule has 0 radical (unpaired) electrons. The molecule has 17 N–H and O–H groups in total. The molecule has 0 aromatic rings. The Morgan fingerprint density at radius 3 is 2.12 bits per heavy atom. The Hall–Kier alpha value is -1.01. The maximum Gasteiger partial charge on any atom is 0.186 e. The maximum absolute atomic E-state index is 12.6. The molecule has 1 aliphatic carbocycles. The summed E-state index contributed by atoms with van der Waals surface area (Å²) in [5, 5.41) is 84.6. The average Bonchev–Trinajstić information content (AvgIpc) is 2.97. The SMILES string of the molecule is NC[C@H](O)C(=O)C[C@@H]1C[C@H](N)C(O[C@H]2O[C@H](CNCCO)[C@@H](O)[C@H](O)[C@H]2N)[C@H](O)[C@H]1O[C@H]1O[C@H](CO)[C@@H](O)[C@H](N)[C@H]1O. The van der Waals surface area contributed by atoms with E-state index in [-0.39, 0.29) is 39.1 Å². The molecule has 0 spiro atoms. The summed E-state index contributed by atoms with van der Waals surface area (Å²) < 4.78 is 23.2. The lowest BCUT2D eigenvalue weighted by molar-refractivity contribution is -0.323. The molecule has 0 aromatic heterocycles. The van der Waals surface area contributed by atoms with Gasteiger partial charge >= 0.3 is 0 Å². The lowest BCUT2D eigenvalue weighted by Gasteiger charge is -2.49. The summed E-state index contributed by atoms with van der Waals surface area (Å²) in [6, 6.07) is -3.50. The van der Waals surface area contributed by atoms with Gasteiger partial charge in [0.25, 0.3) is 0 Å². The van der Waals surface area contributed by atoms with Crippen LogP contribution in [0.15, 0.2) is 0 Å². The third kappa shape index (κ3) is 7.98. The lowest BCUT2D eigenvalue weighted by Crippen LogP contribution is -2.68. The number of hydrogen-bond acceptors (Lipinski definition) is 18. The normalized spacial score (nSPS) is 45.5. The van der Waals surface area contributed by atoms with Crippen molar-refractivity contribution in [1.82, 2.24) is 5.32 Å². The Labute approximate surface area is 242 Å². The molecule has 2 aliphatic heterocycles. The number of Topliss-reactive ketones (excluding diaryl/α,β-unsaturated/α-hetero) is 1. The van der Waals surface area contributed by atoms with E-state index in [1.165, 1.54) is 0 Å². The van der Waals surface area contributed by atoms with Crippen LogP contribution in [0.25, 0.3) is 0 Å². The van der Waals surface area contributed by atoms with E-state index in [0.29, 0.717) is 0 Å². The van der Waals surface area contributed by atoms with Crippen molar-refractivity contribution in [2.75, 3.05) is 32.8 Å². The van der Waals surface area contributed by atoms with Crippen molar-refractivity contribution in [3.63, 3.8) is 0 Å². The summed E-state index contributed by atoms with van der Waals surface area (Å²) in [4.78, 5) is 12.6. The molecule has 2 heterocycles. The number of ketones is 1. The molecule has 3 fully saturated rings. The fraction of sp³-hybridized carbons (Fsp3) is 0.958. The highest BCUT2D eigenvalue weighted by Crippen LogP contribution is 2.36. The topological polar surface area (TPSA) is 332 Å². The number of nitrogens with two attached hydrogens (primary N) is 4. The van der Waals surface area contributed by atoms with Crippen LogP contribution in [-0.2, 0) is 23.7 Å². The summed E-state index contributed by atoms with van der Waals surface area (Å²) in [5.41, 5.74) is 23.7. The van der Waals surface area contributed by atoms with E-state index < -0.39 is 110 Å². The van der Waals surface area contributed by atoms with Crippen LogP contribution in [0.2, 0.25) is 0 Å². The number of hydrogen-bond donors (Lipinski definition) is 13. The Bertz CT molecular complexity index is 849. The monoisotopic (exact) mass is 613 g/mol. The third-order valence-corrected chi connectivity index (χ3v) is 8.10. The van der Waals surface area contributed by atoms with Gasteiger partial charge in [-0.1, -0.05) is 0 Å². The van der Waals surface area contributed by atoms with Crippen LogP contribution < -0.4 is 28.3 Å². The van der Waals surface area contributed by atoms with Gasteiger partial charge < -0.3 is 88.1 Å². The standard InChI is InChI=1S/C24H47N5O13/c25-5-11(33)10(32)4-8-3-9(26)22(42-23-15(28)18(36)17(35)12(39-23)6-29-1-2-30)20(38)21(8)41-24-19(37)14(27)16(34)13(7-31)40-24/h8-9,11-24,29-31,33-38H,1-7,25-28H2/t8-,9-,11-,12+,13+,14-,15+,16+,17+,18+,19+,20+,21-,22?,23+,24+/m0/s1. The van der Waals surface area contributed by atoms with Crippen molar-refractivity contribution in [3.8, 4) is 0 Å². The molecule has 1 unspecified atom stereocenters. The fourth-order valence-corrected chi connectivity index (χ4v) is 5.54. The molecular weight excluding hydrogens is 566 g/mol. The van der Waals surface area contributed by atoms with Crippen LogP contribution in [-0.4, -0.2) is 171 Å². The second-order valence-electron chi connectivity index (χ2n) is 11.1. The number of rotatable bonds is 13. The highest BCUT2D eigenvalue weighted by molar-refractivity contribution is 5.83. The number of aliphatic hydroxyl groups is 8. The predicted molar refractivity (Wildman–Crippen MR) is 141 cm³/mol. The van der Waals surface area contributed by atoms with E-state index in [0.717, 1.165) is 0 Å². The van der Waals surface area contributed by atoms with Gasteiger partial charge in [0.1, 0.15) is 54.9 Å². The number of aliphatic hydroxyl groups excluding tert-OH is 8. The summed E-state index contributed by atoms with van der Waals surface area (Å²) in [6.45, 7) is -0.957.